The molecule has 0 N–H and O–H groups in total. The number of benzene rings is 1. The molecule has 0 atom stereocenters. The summed E-state index contributed by atoms with van der Waals surface area (Å²) in [6, 6.07) is 10.4. The van der Waals surface area contributed by atoms with E-state index in [4.69, 9.17) is 11.6 Å². The van der Waals surface area contributed by atoms with Gasteiger partial charge >= 0.3 is 0 Å². The Labute approximate surface area is 147 Å². The van der Waals surface area contributed by atoms with Gasteiger partial charge in [0.25, 0.3) is 5.91 Å². The van der Waals surface area contributed by atoms with Crippen LogP contribution in [0.4, 0.5) is 0 Å². The van der Waals surface area contributed by atoms with Gasteiger partial charge in [0.15, 0.2) is 0 Å². The number of carbonyl (C=O) groups is 1. The van der Waals surface area contributed by atoms with E-state index in [0.29, 0.717) is 23.0 Å². The maximum atomic E-state index is 12.8. The number of hydrogen-bond donors (Lipinski definition) is 0. The van der Waals surface area contributed by atoms with E-state index in [1.54, 1.807) is 4.68 Å². The number of carbonyl (C=O) groups excluding carboxylic acids is 1. The molecule has 0 spiro atoms. The highest BCUT2D eigenvalue weighted by atomic mass is 35.5. The van der Waals surface area contributed by atoms with Crippen LogP contribution in [0.1, 0.15) is 28.7 Å². The predicted molar refractivity (Wildman–Crippen MR) is 95.3 cm³/mol. The topological polar surface area (TPSA) is 41.4 Å². The van der Waals surface area contributed by atoms with Crippen LogP contribution in [0.5, 0.6) is 0 Å². The maximum absolute atomic E-state index is 12.8. The van der Waals surface area contributed by atoms with Gasteiger partial charge in [-0.1, -0.05) is 41.9 Å². The van der Waals surface area contributed by atoms with Crippen molar-refractivity contribution in [3.05, 3.63) is 52.3 Å². The Balaban J connectivity index is 1.63. The number of aryl methyl sites for hydroxylation is 2. The third-order valence-electron chi connectivity index (χ3n) is 4.47. The zero-order chi connectivity index (χ0) is 17.1. The molecule has 1 fully saturated rings. The van der Waals surface area contributed by atoms with Crippen LogP contribution in [0, 0.1) is 6.92 Å². The lowest BCUT2D eigenvalue weighted by Gasteiger charge is -2.34. The summed E-state index contributed by atoms with van der Waals surface area (Å²) in [6.07, 6.45) is 0. The molecule has 1 amide bonds. The van der Waals surface area contributed by atoms with Crippen LogP contribution in [-0.4, -0.2) is 51.7 Å². The van der Waals surface area contributed by atoms with Crippen molar-refractivity contribution < 1.29 is 4.79 Å². The van der Waals surface area contributed by atoms with Crippen LogP contribution in [0.2, 0.25) is 5.02 Å². The number of piperazine rings is 1. The molecule has 128 valence electrons. The summed E-state index contributed by atoms with van der Waals surface area (Å²) in [4.78, 5) is 17.1. The van der Waals surface area contributed by atoms with Gasteiger partial charge in [-0.3, -0.25) is 14.4 Å². The largest absolute Gasteiger partial charge is 0.335 e. The minimum Gasteiger partial charge on any atom is -0.335 e. The Bertz CT molecular complexity index is 705. The number of hydrogen-bond acceptors (Lipinski definition) is 3. The Kier molecular flexibility index (Phi) is 5.21. The molecule has 0 aliphatic carbocycles. The first kappa shape index (κ1) is 17.0. The molecule has 5 nitrogen and oxygen atoms in total. The minimum atomic E-state index is -0.0122. The van der Waals surface area contributed by atoms with Crippen LogP contribution in [0.25, 0.3) is 0 Å². The maximum Gasteiger partial charge on any atom is 0.273 e. The van der Waals surface area contributed by atoms with Gasteiger partial charge < -0.3 is 4.90 Å². The summed E-state index contributed by atoms with van der Waals surface area (Å²) < 4.78 is 1.70. The first-order valence-electron chi connectivity index (χ1n) is 8.38. The van der Waals surface area contributed by atoms with E-state index in [9.17, 15) is 4.79 Å². The zero-order valence-corrected chi connectivity index (χ0v) is 15.0. The van der Waals surface area contributed by atoms with E-state index < -0.39 is 0 Å². The first-order chi connectivity index (χ1) is 11.6. The molecule has 0 unspecified atom stereocenters. The molecular weight excluding hydrogens is 324 g/mol. The van der Waals surface area contributed by atoms with Crippen molar-refractivity contribution in [2.75, 3.05) is 26.2 Å². The van der Waals surface area contributed by atoms with Crippen LogP contribution in [0.3, 0.4) is 0 Å². The van der Waals surface area contributed by atoms with Gasteiger partial charge in [-0.2, -0.15) is 5.10 Å². The van der Waals surface area contributed by atoms with Crippen molar-refractivity contribution in [1.29, 1.82) is 0 Å². The third kappa shape index (κ3) is 3.47. The molecular formula is C18H23ClN4O. The molecule has 0 radical (unpaired) electrons. The van der Waals surface area contributed by atoms with E-state index in [0.717, 1.165) is 32.7 Å². The predicted octanol–water partition coefficient (Wildman–Crippen LogP) is 2.82. The second-order valence-electron chi connectivity index (χ2n) is 6.12. The monoisotopic (exact) mass is 346 g/mol. The van der Waals surface area contributed by atoms with Crippen molar-refractivity contribution in [2.24, 2.45) is 0 Å². The summed E-state index contributed by atoms with van der Waals surface area (Å²) in [5.74, 6) is -0.0122. The number of aromatic nitrogens is 2. The summed E-state index contributed by atoms with van der Waals surface area (Å²) in [5, 5.41) is 4.82. The van der Waals surface area contributed by atoms with E-state index in [2.05, 4.69) is 34.3 Å². The highest BCUT2D eigenvalue weighted by Crippen LogP contribution is 2.22. The molecule has 0 saturated carbocycles. The molecule has 0 bridgehead atoms. The molecule has 1 aromatic heterocycles. The van der Waals surface area contributed by atoms with E-state index in [-0.39, 0.29) is 5.91 Å². The van der Waals surface area contributed by atoms with Gasteiger partial charge in [0.2, 0.25) is 0 Å². The molecule has 1 aromatic carbocycles. The van der Waals surface area contributed by atoms with Crippen LogP contribution in [0.15, 0.2) is 30.3 Å². The van der Waals surface area contributed by atoms with Gasteiger partial charge in [0.1, 0.15) is 5.69 Å². The quantitative estimate of drug-likeness (QED) is 0.854. The zero-order valence-electron chi connectivity index (χ0n) is 14.2. The Morgan fingerprint density at radius 2 is 1.83 bits per heavy atom. The average Bonchev–Trinajstić information content (AvgIpc) is 2.90. The Morgan fingerprint density at radius 1 is 1.17 bits per heavy atom. The lowest BCUT2D eigenvalue weighted by atomic mass is 10.2. The molecule has 24 heavy (non-hydrogen) atoms. The molecule has 3 rings (SSSR count). The fourth-order valence-electron chi connectivity index (χ4n) is 3.09. The first-order valence-corrected chi connectivity index (χ1v) is 8.76. The van der Waals surface area contributed by atoms with Gasteiger partial charge in [-0.15, -0.1) is 0 Å². The minimum absolute atomic E-state index is 0.0122. The number of nitrogens with zero attached hydrogens (tertiary/aromatic N) is 4. The highest BCUT2D eigenvalue weighted by Gasteiger charge is 2.27. The molecule has 1 aliphatic heterocycles. The average molecular weight is 347 g/mol. The summed E-state index contributed by atoms with van der Waals surface area (Å²) >= 11 is 6.30. The Hall–Kier alpha value is -1.85. The van der Waals surface area contributed by atoms with Gasteiger partial charge in [-0.05, 0) is 19.4 Å². The van der Waals surface area contributed by atoms with Crippen molar-refractivity contribution in [1.82, 2.24) is 19.6 Å². The fraction of sp³-hybridized carbons (Fsp3) is 0.444. The van der Waals surface area contributed by atoms with Gasteiger partial charge in [0.05, 0.1) is 10.7 Å². The molecule has 1 saturated heterocycles. The SMILES string of the molecule is CCn1nc(C)c(Cl)c1C(=O)N1CCN(Cc2ccccc2)CC1. The van der Waals surface area contributed by atoms with Crippen LogP contribution >= 0.6 is 11.6 Å². The van der Waals surface area contributed by atoms with Crippen molar-refractivity contribution in [3.8, 4) is 0 Å². The summed E-state index contributed by atoms with van der Waals surface area (Å²) in [7, 11) is 0. The third-order valence-corrected chi connectivity index (χ3v) is 4.92. The highest BCUT2D eigenvalue weighted by molar-refractivity contribution is 6.34. The van der Waals surface area contributed by atoms with E-state index in [1.807, 2.05) is 24.8 Å². The molecule has 1 aliphatic rings. The summed E-state index contributed by atoms with van der Waals surface area (Å²) in [5.41, 5.74) is 2.54. The normalized spacial score (nSPS) is 15.7. The van der Waals surface area contributed by atoms with Crippen molar-refractivity contribution in [2.45, 2.75) is 26.9 Å². The van der Waals surface area contributed by atoms with Crippen LogP contribution < -0.4 is 0 Å². The Morgan fingerprint density at radius 3 is 2.46 bits per heavy atom. The second kappa shape index (κ2) is 7.36. The van der Waals surface area contributed by atoms with Crippen molar-refractivity contribution >= 4 is 17.5 Å². The van der Waals surface area contributed by atoms with E-state index in [1.165, 1.54) is 5.56 Å². The van der Waals surface area contributed by atoms with Gasteiger partial charge in [-0.25, -0.2) is 0 Å². The lowest BCUT2D eigenvalue weighted by molar-refractivity contribution is 0.0616. The van der Waals surface area contributed by atoms with Gasteiger partial charge in [0, 0.05) is 39.3 Å². The fourth-order valence-corrected chi connectivity index (χ4v) is 3.31. The summed E-state index contributed by atoms with van der Waals surface area (Å²) in [6.45, 7) is 8.56. The smallest absolute Gasteiger partial charge is 0.273 e. The number of amides is 1. The standard InChI is InChI=1S/C18H23ClN4O/c1-3-23-17(16(19)14(2)20-23)18(24)22-11-9-21(10-12-22)13-15-7-5-4-6-8-15/h4-8H,3,9-13H2,1-2H3. The molecule has 2 heterocycles. The van der Waals surface area contributed by atoms with Crippen LogP contribution in [-0.2, 0) is 13.1 Å². The molecule has 2 aromatic rings. The van der Waals surface area contributed by atoms with E-state index >= 15 is 0 Å². The molecule has 6 heteroatoms. The number of rotatable bonds is 4. The second-order valence-corrected chi connectivity index (χ2v) is 6.50. The van der Waals surface area contributed by atoms with Crippen molar-refractivity contribution in [3.63, 3.8) is 0 Å². The lowest BCUT2D eigenvalue weighted by Crippen LogP contribution is -2.48. The number of halogens is 1.